The van der Waals surface area contributed by atoms with Gasteiger partial charge in [-0.15, -0.1) is 11.3 Å². The van der Waals surface area contributed by atoms with Crippen molar-refractivity contribution in [2.24, 2.45) is 0 Å². The molecule has 0 aliphatic rings. The Kier molecular flexibility index (Phi) is 4.18. The number of hydrogen-bond acceptors (Lipinski definition) is 4. The van der Waals surface area contributed by atoms with Crippen LogP contribution in [0.25, 0.3) is 11.4 Å². The lowest BCUT2D eigenvalue weighted by Crippen LogP contribution is -2.06. The van der Waals surface area contributed by atoms with E-state index in [0.29, 0.717) is 0 Å². The molecule has 1 unspecified atom stereocenters. The lowest BCUT2D eigenvalue weighted by atomic mass is 10.2. The summed E-state index contributed by atoms with van der Waals surface area (Å²) >= 11 is 7.50. The van der Waals surface area contributed by atoms with Crippen molar-refractivity contribution in [3.8, 4) is 11.4 Å². The Balaban J connectivity index is 1.73. The van der Waals surface area contributed by atoms with E-state index < -0.39 is 0 Å². The van der Waals surface area contributed by atoms with Crippen molar-refractivity contribution >= 4 is 28.6 Å². The van der Waals surface area contributed by atoms with Crippen molar-refractivity contribution in [3.63, 3.8) is 0 Å². The molecule has 1 N–H and O–H groups in total. The van der Waals surface area contributed by atoms with Gasteiger partial charge in [0, 0.05) is 11.6 Å². The van der Waals surface area contributed by atoms with Gasteiger partial charge in [-0.2, -0.15) is 0 Å². The summed E-state index contributed by atoms with van der Waals surface area (Å²) in [4.78, 5) is 8.81. The van der Waals surface area contributed by atoms with Crippen molar-refractivity contribution in [1.82, 2.24) is 9.97 Å². The number of hydrogen-bond donors (Lipinski definition) is 1. The number of benzene rings is 1. The average Bonchev–Trinajstić information content (AvgIpc) is 2.96. The molecular formula is C16H14ClN3S. The number of aromatic nitrogens is 2. The van der Waals surface area contributed by atoms with Crippen molar-refractivity contribution in [2.45, 2.75) is 13.0 Å². The third-order valence-corrected chi connectivity index (χ3v) is 4.26. The zero-order chi connectivity index (χ0) is 14.7. The van der Waals surface area contributed by atoms with Gasteiger partial charge in [0.25, 0.3) is 0 Å². The molecule has 2 heterocycles. The van der Waals surface area contributed by atoms with Gasteiger partial charge >= 0.3 is 0 Å². The molecule has 0 aliphatic carbocycles. The zero-order valence-corrected chi connectivity index (χ0v) is 13.0. The van der Waals surface area contributed by atoms with Crippen LogP contribution >= 0.6 is 22.9 Å². The van der Waals surface area contributed by atoms with Crippen LogP contribution in [0.3, 0.4) is 0 Å². The molecular weight excluding hydrogens is 302 g/mol. The Morgan fingerprint density at radius 3 is 2.48 bits per heavy atom. The maximum atomic E-state index is 5.96. The first-order valence-corrected chi connectivity index (χ1v) is 7.86. The van der Waals surface area contributed by atoms with Crippen LogP contribution in [0, 0.1) is 0 Å². The van der Waals surface area contributed by atoms with Crippen molar-refractivity contribution in [1.29, 1.82) is 0 Å². The smallest absolute Gasteiger partial charge is 0.159 e. The van der Waals surface area contributed by atoms with Crippen LogP contribution in [0.2, 0.25) is 4.34 Å². The highest BCUT2D eigenvalue weighted by Gasteiger charge is 2.08. The summed E-state index contributed by atoms with van der Waals surface area (Å²) < 4.78 is 0.800. The van der Waals surface area contributed by atoms with Crippen molar-refractivity contribution < 1.29 is 0 Å². The minimum atomic E-state index is 0.167. The predicted octanol–water partition coefficient (Wildman–Crippen LogP) is 5.03. The molecule has 0 aliphatic heterocycles. The van der Waals surface area contributed by atoms with Gasteiger partial charge in [0.1, 0.15) is 0 Å². The van der Waals surface area contributed by atoms with Crippen LogP contribution in [-0.4, -0.2) is 9.97 Å². The minimum absolute atomic E-state index is 0.167. The van der Waals surface area contributed by atoms with Crippen LogP contribution < -0.4 is 5.32 Å². The molecule has 2 aromatic heterocycles. The van der Waals surface area contributed by atoms with Gasteiger partial charge in [-0.25, -0.2) is 9.97 Å². The lowest BCUT2D eigenvalue weighted by molar-refractivity contribution is 0.886. The van der Waals surface area contributed by atoms with Crippen LogP contribution in [-0.2, 0) is 0 Å². The number of halogens is 1. The van der Waals surface area contributed by atoms with Gasteiger partial charge in [-0.3, -0.25) is 0 Å². The fraction of sp³-hybridized carbons (Fsp3) is 0.125. The molecule has 21 heavy (non-hydrogen) atoms. The summed E-state index contributed by atoms with van der Waals surface area (Å²) in [5.41, 5.74) is 3.07. The minimum Gasteiger partial charge on any atom is -0.376 e. The number of thiophene rings is 1. The quantitative estimate of drug-likeness (QED) is 0.733. The van der Waals surface area contributed by atoms with E-state index in [2.05, 4.69) is 27.6 Å². The first-order valence-electron chi connectivity index (χ1n) is 6.60. The molecule has 3 rings (SSSR count). The van der Waals surface area contributed by atoms with E-state index in [-0.39, 0.29) is 6.04 Å². The second-order valence-corrected chi connectivity index (χ2v) is 6.25. The number of anilines is 1. The molecule has 1 aromatic carbocycles. The van der Waals surface area contributed by atoms with Crippen LogP contribution in [0.15, 0.2) is 54.2 Å². The Labute approximate surface area is 132 Å². The maximum Gasteiger partial charge on any atom is 0.159 e. The molecule has 0 saturated carbocycles. The van der Waals surface area contributed by atoms with Crippen LogP contribution in [0.4, 0.5) is 5.69 Å². The Hall–Kier alpha value is -1.91. The number of rotatable bonds is 4. The van der Waals surface area contributed by atoms with Crippen molar-refractivity contribution in [2.75, 3.05) is 5.32 Å². The largest absolute Gasteiger partial charge is 0.376 e. The SMILES string of the molecule is CC(Nc1cnc(-c2ccccc2)nc1)c1csc(Cl)c1. The summed E-state index contributed by atoms with van der Waals surface area (Å²) in [5.74, 6) is 0.729. The fourth-order valence-electron chi connectivity index (χ4n) is 2.02. The van der Waals surface area contributed by atoms with Crippen molar-refractivity contribution in [3.05, 3.63) is 64.1 Å². The monoisotopic (exact) mass is 315 g/mol. The van der Waals surface area contributed by atoms with E-state index >= 15 is 0 Å². The van der Waals surface area contributed by atoms with Gasteiger partial charge in [0.05, 0.1) is 22.4 Å². The van der Waals surface area contributed by atoms with Crippen LogP contribution in [0.5, 0.6) is 0 Å². The molecule has 0 amide bonds. The first-order chi connectivity index (χ1) is 10.2. The molecule has 5 heteroatoms. The van der Waals surface area contributed by atoms with E-state index in [1.807, 2.05) is 36.4 Å². The van der Waals surface area contributed by atoms with E-state index in [1.54, 1.807) is 12.4 Å². The Morgan fingerprint density at radius 1 is 1.14 bits per heavy atom. The van der Waals surface area contributed by atoms with E-state index in [9.17, 15) is 0 Å². The molecule has 106 valence electrons. The Bertz CT molecular complexity index is 710. The fourth-order valence-corrected chi connectivity index (χ4v) is 3.01. The summed E-state index contributed by atoms with van der Waals surface area (Å²) in [6, 6.07) is 12.1. The van der Waals surface area contributed by atoms with Gasteiger partial charge in [-0.05, 0) is 23.9 Å². The van der Waals surface area contributed by atoms with E-state index in [1.165, 1.54) is 11.3 Å². The number of nitrogens with zero attached hydrogens (tertiary/aromatic N) is 2. The molecule has 0 radical (unpaired) electrons. The zero-order valence-electron chi connectivity index (χ0n) is 11.5. The van der Waals surface area contributed by atoms with Gasteiger partial charge < -0.3 is 5.32 Å². The average molecular weight is 316 g/mol. The molecule has 0 spiro atoms. The topological polar surface area (TPSA) is 37.8 Å². The lowest BCUT2D eigenvalue weighted by Gasteiger charge is -2.13. The normalized spacial score (nSPS) is 12.1. The molecule has 0 bridgehead atoms. The molecule has 3 nitrogen and oxygen atoms in total. The molecule has 0 fully saturated rings. The highest BCUT2D eigenvalue weighted by molar-refractivity contribution is 7.14. The predicted molar refractivity (Wildman–Crippen MR) is 88.8 cm³/mol. The first kappa shape index (κ1) is 14.0. The van der Waals surface area contributed by atoms with Gasteiger partial charge in [-0.1, -0.05) is 41.9 Å². The maximum absolute atomic E-state index is 5.96. The second kappa shape index (κ2) is 6.24. The van der Waals surface area contributed by atoms with Gasteiger partial charge in [0.2, 0.25) is 0 Å². The third kappa shape index (κ3) is 3.40. The third-order valence-electron chi connectivity index (χ3n) is 3.15. The molecule has 1 atom stereocenters. The summed E-state index contributed by atoms with van der Waals surface area (Å²) in [6.45, 7) is 2.09. The summed E-state index contributed by atoms with van der Waals surface area (Å²) in [7, 11) is 0. The van der Waals surface area contributed by atoms with Gasteiger partial charge in [0.15, 0.2) is 5.82 Å². The van der Waals surface area contributed by atoms with E-state index in [0.717, 1.165) is 27.0 Å². The summed E-state index contributed by atoms with van der Waals surface area (Å²) in [6.07, 6.45) is 3.61. The molecule has 3 aromatic rings. The second-order valence-electron chi connectivity index (χ2n) is 4.71. The highest BCUT2D eigenvalue weighted by Crippen LogP contribution is 2.27. The molecule has 0 saturated heterocycles. The van der Waals surface area contributed by atoms with Crippen LogP contribution in [0.1, 0.15) is 18.5 Å². The Morgan fingerprint density at radius 2 is 1.86 bits per heavy atom. The van der Waals surface area contributed by atoms with E-state index in [4.69, 9.17) is 11.6 Å². The highest BCUT2D eigenvalue weighted by atomic mass is 35.5. The number of nitrogens with one attached hydrogen (secondary N) is 1. The summed E-state index contributed by atoms with van der Waals surface area (Å²) in [5, 5.41) is 5.43. The standard InChI is InChI=1S/C16H14ClN3S/c1-11(13-7-15(17)21-10-13)20-14-8-18-16(19-9-14)12-5-3-2-4-6-12/h2-11,20H,1H3.